The van der Waals surface area contributed by atoms with Gasteiger partial charge in [-0.05, 0) is 12.8 Å². The summed E-state index contributed by atoms with van der Waals surface area (Å²) in [6, 6.07) is 0. The molecule has 0 bridgehead atoms. The monoisotopic (exact) mass is 182 g/mol. The second-order valence-corrected chi connectivity index (χ2v) is 3.60. The van der Waals surface area contributed by atoms with E-state index < -0.39 is 0 Å². The Morgan fingerprint density at radius 1 is 1.00 bits per heavy atom. The van der Waals surface area contributed by atoms with Crippen LogP contribution in [0.5, 0.6) is 0 Å². The highest BCUT2D eigenvalue weighted by molar-refractivity contribution is 6.21. The zero-order valence-corrected chi connectivity index (χ0v) is 7.73. The highest BCUT2D eigenvalue weighted by Crippen LogP contribution is 2.24. The van der Waals surface area contributed by atoms with Crippen LogP contribution in [0.2, 0.25) is 0 Å². The second-order valence-electron chi connectivity index (χ2n) is 2.59. The molecule has 0 aromatic rings. The van der Waals surface area contributed by atoms with Crippen LogP contribution in [-0.4, -0.2) is 35.1 Å². The molecule has 2 nitrogen and oxygen atoms in total. The summed E-state index contributed by atoms with van der Waals surface area (Å²) in [7, 11) is 3.90. The smallest absolute Gasteiger partial charge is 0.0982 e. The molecular weight excluding hydrogens is 171 g/mol. The molecule has 0 amide bonds. The average molecular weight is 183 g/mol. The van der Waals surface area contributed by atoms with E-state index in [4.69, 9.17) is 23.2 Å². The van der Waals surface area contributed by atoms with Gasteiger partial charge in [0.25, 0.3) is 0 Å². The van der Waals surface area contributed by atoms with E-state index in [0.29, 0.717) is 0 Å². The van der Waals surface area contributed by atoms with Crippen LogP contribution in [0, 0.1) is 0 Å². The fourth-order valence-corrected chi connectivity index (χ4v) is 1.57. The van der Waals surface area contributed by atoms with E-state index in [-0.39, 0.29) is 11.0 Å². The summed E-state index contributed by atoms with van der Waals surface area (Å²) >= 11 is 11.9. The first-order valence-corrected chi connectivity index (χ1v) is 4.24. The Hall–Kier alpha value is 0.500. The molecule has 10 heavy (non-hydrogen) atoms. The van der Waals surface area contributed by atoms with Crippen molar-refractivity contribution >= 4 is 23.2 Å². The second kappa shape index (κ2) is 3.26. The van der Waals surface area contributed by atoms with E-state index in [9.17, 15) is 0 Å². The predicted molar refractivity (Wildman–Crippen MR) is 44.0 cm³/mol. The third-order valence-corrected chi connectivity index (χ3v) is 2.95. The van der Waals surface area contributed by atoms with Gasteiger partial charge < -0.3 is 0 Å². The number of alkyl halides is 2. The Morgan fingerprint density at radius 3 is 1.60 bits per heavy atom. The van der Waals surface area contributed by atoms with Gasteiger partial charge in [0.15, 0.2) is 0 Å². The first kappa shape index (κ1) is 8.60. The van der Waals surface area contributed by atoms with Crippen LogP contribution < -0.4 is 0 Å². The highest BCUT2D eigenvalue weighted by Gasteiger charge is 2.27. The lowest BCUT2D eigenvalue weighted by Crippen LogP contribution is -2.49. The molecule has 0 radical (unpaired) electrons. The van der Waals surface area contributed by atoms with E-state index in [1.165, 1.54) is 0 Å². The van der Waals surface area contributed by atoms with Gasteiger partial charge in [0, 0.05) is 14.1 Å². The number of halogens is 2. The summed E-state index contributed by atoms with van der Waals surface area (Å²) in [5.74, 6) is 0. The largest absolute Gasteiger partial charge is 0.226 e. The number of hydrazine groups is 1. The lowest BCUT2D eigenvalue weighted by molar-refractivity contribution is -0.0329. The quantitative estimate of drug-likeness (QED) is 0.416. The Balaban J connectivity index is 2.52. The molecule has 0 N–H and O–H groups in total. The van der Waals surface area contributed by atoms with Crippen LogP contribution in [-0.2, 0) is 0 Å². The van der Waals surface area contributed by atoms with Gasteiger partial charge in [-0.2, -0.15) is 0 Å². The van der Waals surface area contributed by atoms with Gasteiger partial charge in [0.05, 0.1) is 11.0 Å². The molecule has 2 atom stereocenters. The molecular formula is C6H12Cl2N2. The first-order valence-electron chi connectivity index (χ1n) is 3.36. The lowest BCUT2D eigenvalue weighted by Gasteiger charge is -2.39. The van der Waals surface area contributed by atoms with Gasteiger partial charge in [-0.1, -0.05) is 0 Å². The molecule has 0 aromatic heterocycles. The standard InChI is InChI=1S/C6H12Cl2N2/c1-9-5(7)3-4-6(8)10(9)2/h5-6H,3-4H2,1-2H3. The van der Waals surface area contributed by atoms with Gasteiger partial charge >= 0.3 is 0 Å². The maximum Gasteiger partial charge on any atom is 0.0982 e. The molecule has 0 saturated carbocycles. The van der Waals surface area contributed by atoms with Gasteiger partial charge in [-0.3, -0.25) is 0 Å². The Bertz CT molecular complexity index is 106. The van der Waals surface area contributed by atoms with Crippen molar-refractivity contribution in [1.29, 1.82) is 0 Å². The summed E-state index contributed by atoms with van der Waals surface area (Å²) in [5.41, 5.74) is 0.222. The minimum atomic E-state index is 0.111. The topological polar surface area (TPSA) is 6.48 Å². The van der Waals surface area contributed by atoms with Crippen molar-refractivity contribution in [3.8, 4) is 0 Å². The van der Waals surface area contributed by atoms with Crippen molar-refractivity contribution in [2.24, 2.45) is 0 Å². The summed E-state index contributed by atoms with van der Waals surface area (Å²) in [6.45, 7) is 0. The third kappa shape index (κ3) is 1.56. The maximum absolute atomic E-state index is 5.95. The van der Waals surface area contributed by atoms with Crippen molar-refractivity contribution in [2.45, 2.75) is 23.8 Å². The van der Waals surface area contributed by atoms with Gasteiger partial charge in [-0.15, -0.1) is 23.2 Å². The molecule has 1 aliphatic heterocycles. The summed E-state index contributed by atoms with van der Waals surface area (Å²) in [5, 5.41) is 3.92. The van der Waals surface area contributed by atoms with E-state index in [1.54, 1.807) is 0 Å². The number of hydrogen-bond acceptors (Lipinski definition) is 2. The predicted octanol–water partition coefficient (Wildman–Crippen LogP) is 1.69. The van der Waals surface area contributed by atoms with Crippen molar-refractivity contribution in [3.05, 3.63) is 0 Å². The minimum Gasteiger partial charge on any atom is -0.226 e. The Morgan fingerprint density at radius 2 is 1.30 bits per heavy atom. The molecule has 2 unspecified atom stereocenters. The summed E-state index contributed by atoms with van der Waals surface area (Å²) < 4.78 is 0. The normalized spacial score (nSPS) is 38.4. The van der Waals surface area contributed by atoms with E-state index in [1.807, 2.05) is 24.1 Å². The van der Waals surface area contributed by atoms with Gasteiger partial charge in [-0.25, -0.2) is 10.0 Å². The minimum absolute atomic E-state index is 0.111. The van der Waals surface area contributed by atoms with Crippen LogP contribution in [0.25, 0.3) is 0 Å². The molecule has 1 rings (SSSR count). The summed E-state index contributed by atoms with van der Waals surface area (Å²) in [6.07, 6.45) is 1.94. The first-order chi connectivity index (χ1) is 4.63. The van der Waals surface area contributed by atoms with Crippen molar-refractivity contribution in [1.82, 2.24) is 10.0 Å². The van der Waals surface area contributed by atoms with Gasteiger partial charge in [0.1, 0.15) is 0 Å². The van der Waals surface area contributed by atoms with E-state index >= 15 is 0 Å². The number of nitrogens with zero attached hydrogens (tertiary/aromatic N) is 2. The molecule has 1 fully saturated rings. The molecule has 60 valence electrons. The van der Waals surface area contributed by atoms with Crippen molar-refractivity contribution in [3.63, 3.8) is 0 Å². The zero-order chi connectivity index (χ0) is 7.72. The lowest BCUT2D eigenvalue weighted by atomic mass is 10.2. The average Bonchev–Trinajstić information content (AvgIpc) is 1.93. The zero-order valence-electron chi connectivity index (χ0n) is 6.22. The van der Waals surface area contributed by atoms with Crippen molar-refractivity contribution < 1.29 is 0 Å². The van der Waals surface area contributed by atoms with E-state index in [2.05, 4.69) is 0 Å². The Kier molecular flexibility index (Phi) is 2.81. The van der Waals surface area contributed by atoms with Crippen LogP contribution in [0.1, 0.15) is 12.8 Å². The highest BCUT2D eigenvalue weighted by atomic mass is 35.5. The fraction of sp³-hybridized carbons (Fsp3) is 1.00. The van der Waals surface area contributed by atoms with Crippen LogP contribution >= 0.6 is 23.2 Å². The molecule has 1 heterocycles. The number of rotatable bonds is 0. The molecule has 0 aliphatic carbocycles. The van der Waals surface area contributed by atoms with Crippen LogP contribution in [0.15, 0.2) is 0 Å². The molecule has 0 aromatic carbocycles. The SMILES string of the molecule is CN1C(Cl)CCC(Cl)N1C. The fourth-order valence-electron chi connectivity index (χ4n) is 1.04. The molecule has 4 heteroatoms. The molecule has 1 saturated heterocycles. The number of hydrogen-bond donors (Lipinski definition) is 0. The third-order valence-electron chi connectivity index (χ3n) is 1.95. The van der Waals surface area contributed by atoms with E-state index in [0.717, 1.165) is 12.8 Å². The van der Waals surface area contributed by atoms with Crippen LogP contribution in [0.3, 0.4) is 0 Å². The molecule has 1 aliphatic rings. The van der Waals surface area contributed by atoms with Crippen LogP contribution in [0.4, 0.5) is 0 Å². The van der Waals surface area contributed by atoms with Gasteiger partial charge in [0.2, 0.25) is 0 Å². The maximum atomic E-state index is 5.95. The molecule has 0 spiro atoms. The summed E-state index contributed by atoms with van der Waals surface area (Å²) in [4.78, 5) is 0. The Labute approximate surface area is 71.7 Å². The van der Waals surface area contributed by atoms with Crippen molar-refractivity contribution in [2.75, 3.05) is 14.1 Å².